The summed E-state index contributed by atoms with van der Waals surface area (Å²) in [6, 6.07) is 5.48. The maximum atomic E-state index is 12.6. The minimum absolute atomic E-state index is 0.118. The molecule has 0 fully saturated rings. The molecule has 0 aliphatic heterocycles. The maximum Gasteiger partial charge on any atom is 0.204 e. The summed E-state index contributed by atoms with van der Waals surface area (Å²) in [5, 5.41) is 0. The van der Waals surface area contributed by atoms with Crippen LogP contribution in [0.5, 0.6) is 0 Å². The third kappa shape index (κ3) is 1.70. The number of benzene rings is 1. The highest BCUT2D eigenvalue weighted by atomic mass is 32.1. The molecule has 1 aromatic heterocycles. The summed E-state index contributed by atoms with van der Waals surface area (Å²) >= 11 is 1.28. The van der Waals surface area contributed by atoms with E-state index < -0.39 is 0 Å². The number of halogens is 1. The van der Waals surface area contributed by atoms with Crippen LogP contribution < -0.4 is 0 Å². The molecule has 0 unspecified atom stereocenters. The Morgan fingerprint density at radius 2 is 2.00 bits per heavy atom. The summed E-state index contributed by atoms with van der Waals surface area (Å²) in [6.45, 7) is 0. The molecular weight excluding hydrogens is 201 g/mol. The van der Waals surface area contributed by atoms with Gasteiger partial charge >= 0.3 is 0 Å². The lowest BCUT2D eigenvalue weighted by Crippen LogP contribution is -1.98. The molecule has 0 saturated heterocycles. The predicted molar refractivity (Wildman–Crippen MR) is 51.9 cm³/mol. The molecule has 2 nitrogen and oxygen atoms in total. The van der Waals surface area contributed by atoms with Crippen molar-refractivity contribution >= 4 is 17.1 Å². The van der Waals surface area contributed by atoms with E-state index in [-0.39, 0.29) is 11.6 Å². The molecule has 0 aliphatic rings. The van der Waals surface area contributed by atoms with Crippen LogP contribution in [0.4, 0.5) is 4.39 Å². The van der Waals surface area contributed by atoms with Gasteiger partial charge in [0.05, 0.1) is 10.4 Å². The highest BCUT2D eigenvalue weighted by Gasteiger charge is 2.09. The predicted octanol–water partition coefficient (Wildman–Crippen LogP) is 2.51. The monoisotopic (exact) mass is 207 g/mol. The van der Waals surface area contributed by atoms with Crippen LogP contribution in [0.15, 0.2) is 36.0 Å². The third-order valence-electron chi connectivity index (χ3n) is 1.76. The number of thiazole rings is 1. The summed E-state index contributed by atoms with van der Waals surface area (Å²) in [4.78, 5) is 16.0. The number of nitrogens with zero attached hydrogens (tertiary/aromatic N) is 1. The highest BCUT2D eigenvalue weighted by Crippen LogP contribution is 2.13. The van der Waals surface area contributed by atoms with Crippen molar-refractivity contribution in [1.82, 2.24) is 4.98 Å². The Kier molecular flexibility index (Phi) is 2.37. The molecule has 0 N–H and O–H groups in total. The first-order valence-electron chi connectivity index (χ1n) is 3.96. The quantitative estimate of drug-likeness (QED) is 0.708. The molecule has 14 heavy (non-hydrogen) atoms. The first-order valence-corrected chi connectivity index (χ1v) is 4.84. The molecule has 1 aromatic carbocycles. The Morgan fingerprint density at radius 1 is 1.29 bits per heavy atom. The minimum atomic E-state index is -0.342. The van der Waals surface area contributed by atoms with E-state index in [1.165, 1.54) is 41.8 Å². The molecule has 0 bridgehead atoms. The molecule has 1 heterocycles. The van der Waals surface area contributed by atoms with Gasteiger partial charge in [-0.05, 0) is 24.3 Å². The van der Waals surface area contributed by atoms with E-state index in [1.54, 1.807) is 5.51 Å². The second-order valence-corrected chi connectivity index (χ2v) is 3.59. The molecule has 2 aromatic rings. The van der Waals surface area contributed by atoms with E-state index in [2.05, 4.69) is 4.98 Å². The molecule has 0 aliphatic carbocycles. The van der Waals surface area contributed by atoms with E-state index in [1.807, 2.05) is 0 Å². The van der Waals surface area contributed by atoms with Crippen molar-refractivity contribution in [3.63, 3.8) is 0 Å². The van der Waals surface area contributed by atoms with Crippen LogP contribution >= 0.6 is 11.3 Å². The molecule has 2 rings (SSSR count). The van der Waals surface area contributed by atoms with Gasteiger partial charge in [0.2, 0.25) is 5.78 Å². The number of ketones is 1. The molecule has 0 atom stereocenters. The fraction of sp³-hybridized carbons (Fsp3) is 0. The average Bonchev–Trinajstić information content (AvgIpc) is 2.71. The largest absolute Gasteiger partial charge is 0.288 e. The van der Waals surface area contributed by atoms with E-state index in [9.17, 15) is 9.18 Å². The van der Waals surface area contributed by atoms with Gasteiger partial charge in [-0.15, -0.1) is 11.3 Å². The van der Waals surface area contributed by atoms with Gasteiger partial charge in [-0.1, -0.05) is 0 Å². The average molecular weight is 207 g/mol. The number of aromatic nitrogens is 1. The Hall–Kier alpha value is -1.55. The van der Waals surface area contributed by atoms with Gasteiger partial charge < -0.3 is 0 Å². The van der Waals surface area contributed by atoms with Crippen LogP contribution in [0.25, 0.3) is 0 Å². The van der Waals surface area contributed by atoms with Gasteiger partial charge in [0.15, 0.2) is 0 Å². The fourth-order valence-electron chi connectivity index (χ4n) is 1.07. The molecular formula is C10H6FNOS. The minimum Gasteiger partial charge on any atom is -0.288 e. The van der Waals surface area contributed by atoms with E-state index in [0.717, 1.165) is 0 Å². The van der Waals surface area contributed by atoms with Crippen molar-refractivity contribution < 1.29 is 9.18 Å². The van der Waals surface area contributed by atoms with Crippen molar-refractivity contribution in [3.05, 3.63) is 52.2 Å². The summed E-state index contributed by atoms with van der Waals surface area (Å²) in [7, 11) is 0. The Morgan fingerprint density at radius 3 is 2.57 bits per heavy atom. The SMILES string of the molecule is O=C(c1ccc(F)cc1)c1cncs1. The van der Waals surface area contributed by atoms with Gasteiger partial charge in [0, 0.05) is 11.8 Å². The first-order chi connectivity index (χ1) is 6.77. The summed E-state index contributed by atoms with van der Waals surface area (Å²) in [5.74, 6) is -0.460. The molecule has 0 amide bonds. The van der Waals surface area contributed by atoms with E-state index in [0.29, 0.717) is 10.4 Å². The number of hydrogen-bond acceptors (Lipinski definition) is 3. The molecule has 0 spiro atoms. The lowest BCUT2D eigenvalue weighted by molar-refractivity contribution is 0.104. The van der Waals surface area contributed by atoms with Crippen molar-refractivity contribution in [3.8, 4) is 0 Å². The number of carbonyl (C=O) groups excluding carboxylic acids is 1. The van der Waals surface area contributed by atoms with Gasteiger partial charge in [-0.2, -0.15) is 0 Å². The maximum absolute atomic E-state index is 12.6. The second-order valence-electron chi connectivity index (χ2n) is 2.70. The van der Waals surface area contributed by atoms with Crippen LogP contribution in [0.2, 0.25) is 0 Å². The lowest BCUT2D eigenvalue weighted by Gasteiger charge is -1.96. The normalized spacial score (nSPS) is 10.1. The number of hydrogen-bond donors (Lipinski definition) is 0. The van der Waals surface area contributed by atoms with Crippen LogP contribution in [0.1, 0.15) is 15.2 Å². The Balaban J connectivity index is 2.33. The topological polar surface area (TPSA) is 30.0 Å². The zero-order valence-electron chi connectivity index (χ0n) is 7.11. The van der Waals surface area contributed by atoms with Gasteiger partial charge in [-0.3, -0.25) is 9.78 Å². The Bertz CT molecular complexity index is 436. The highest BCUT2D eigenvalue weighted by molar-refractivity contribution is 7.11. The molecule has 0 radical (unpaired) electrons. The van der Waals surface area contributed by atoms with Crippen LogP contribution in [-0.4, -0.2) is 10.8 Å². The van der Waals surface area contributed by atoms with E-state index in [4.69, 9.17) is 0 Å². The smallest absolute Gasteiger partial charge is 0.204 e. The summed E-state index contributed by atoms with van der Waals surface area (Å²) in [5.41, 5.74) is 2.08. The van der Waals surface area contributed by atoms with Crippen molar-refractivity contribution in [1.29, 1.82) is 0 Å². The second kappa shape index (κ2) is 3.67. The van der Waals surface area contributed by atoms with Crippen molar-refractivity contribution in [2.75, 3.05) is 0 Å². The zero-order valence-corrected chi connectivity index (χ0v) is 7.92. The standard InChI is InChI=1S/C10H6FNOS/c11-8-3-1-7(2-4-8)10(13)9-5-12-6-14-9/h1-6H. The summed E-state index contributed by atoms with van der Waals surface area (Å²) < 4.78 is 12.6. The fourth-order valence-corrected chi connectivity index (χ4v) is 1.65. The Labute approximate surface area is 84.0 Å². The molecule has 70 valence electrons. The van der Waals surface area contributed by atoms with E-state index >= 15 is 0 Å². The third-order valence-corrected chi connectivity index (χ3v) is 2.53. The number of rotatable bonds is 2. The van der Waals surface area contributed by atoms with Crippen LogP contribution in [0.3, 0.4) is 0 Å². The molecule has 0 saturated carbocycles. The first kappa shape index (κ1) is 9.02. The van der Waals surface area contributed by atoms with Crippen molar-refractivity contribution in [2.45, 2.75) is 0 Å². The van der Waals surface area contributed by atoms with Crippen LogP contribution in [0, 0.1) is 5.82 Å². The molecule has 4 heteroatoms. The number of carbonyl (C=O) groups is 1. The zero-order chi connectivity index (χ0) is 9.97. The van der Waals surface area contributed by atoms with Gasteiger partial charge in [0.1, 0.15) is 5.82 Å². The lowest BCUT2D eigenvalue weighted by atomic mass is 10.1. The summed E-state index contributed by atoms with van der Waals surface area (Å²) in [6.07, 6.45) is 1.51. The van der Waals surface area contributed by atoms with Gasteiger partial charge in [0.25, 0.3) is 0 Å². The van der Waals surface area contributed by atoms with Crippen molar-refractivity contribution in [2.24, 2.45) is 0 Å². The van der Waals surface area contributed by atoms with Crippen LogP contribution in [-0.2, 0) is 0 Å². The van der Waals surface area contributed by atoms with Gasteiger partial charge in [-0.25, -0.2) is 4.39 Å².